The van der Waals surface area contributed by atoms with Crippen LogP contribution in [0.4, 0.5) is 10.1 Å². The summed E-state index contributed by atoms with van der Waals surface area (Å²) in [5.74, 6) is -0.611. The lowest BCUT2D eigenvalue weighted by atomic mass is 10.1. The molecule has 0 amide bonds. The predicted octanol–water partition coefficient (Wildman–Crippen LogP) is 3.16. The highest BCUT2D eigenvalue weighted by Crippen LogP contribution is 2.33. The topological polar surface area (TPSA) is 78.2 Å². The molecule has 0 unspecified atom stereocenters. The molecule has 0 aliphatic rings. The Morgan fingerprint density at radius 3 is 2.65 bits per heavy atom. The molecular weight excluding hydrogens is 289 g/mol. The zero-order valence-corrected chi connectivity index (χ0v) is 11.3. The molecule has 0 fully saturated rings. The van der Waals surface area contributed by atoms with Crippen LogP contribution in [-0.2, 0) is 0 Å². The molecule has 0 aliphatic heterocycles. The first-order chi connectivity index (χ1) is 9.43. The van der Waals surface area contributed by atoms with Gasteiger partial charge in [0.2, 0.25) is 5.28 Å². The van der Waals surface area contributed by atoms with Gasteiger partial charge in [0.15, 0.2) is 17.3 Å². The largest absolute Gasteiger partial charge is 0.494 e. The molecule has 20 heavy (non-hydrogen) atoms. The van der Waals surface area contributed by atoms with Crippen molar-refractivity contribution in [2.24, 2.45) is 0 Å². The van der Waals surface area contributed by atoms with E-state index in [0.29, 0.717) is 0 Å². The summed E-state index contributed by atoms with van der Waals surface area (Å²) in [6.07, 6.45) is 0. The minimum atomic E-state index is -0.647. The molecule has 0 spiro atoms. The maximum Gasteiger partial charge on any atom is 0.316 e. The Morgan fingerprint density at radius 2 is 2.10 bits per heavy atom. The molecule has 2 rings (SSSR count). The van der Waals surface area contributed by atoms with E-state index in [-0.39, 0.29) is 33.7 Å². The van der Waals surface area contributed by atoms with Crippen LogP contribution in [0, 0.1) is 22.9 Å². The molecule has 104 valence electrons. The molecule has 0 aliphatic carbocycles. The molecule has 0 atom stereocenters. The van der Waals surface area contributed by atoms with Gasteiger partial charge in [0.05, 0.1) is 12.0 Å². The third-order valence-electron chi connectivity index (χ3n) is 2.64. The third kappa shape index (κ3) is 2.53. The summed E-state index contributed by atoms with van der Waals surface area (Å²) in [6.45, 7) is 1.44. The standard InChI is InChI=1S/C12H9ClFN3O3/c1-6-11(17(18)19)10(16-12(13)15-6)7-3-4-9(20-2)8(14)5-7/h3-5H,1-2H3. The summed E-state index contributed by atoms with van der Waals surface area (Å²) < 4.78 is 18.5. The normalized spacial score (nSPS) is 10.4. The van der Waals surface area contributed by atoms with E-state index in [1.165, 1.54) is 26.2 Å². The second kappa shape index (κ2) is 5.38. The third-order valence-corrected chi connectivity index (χ3v) is 2.81. The molecule has 0 radical (unpaired) electrons. The highest BCUT2D eigenvalue weighted by atomic mass is 35.5. The van der Waals surface area contributed by atoms with Crippen molar-refractivity contribution in [2.75, 3.05) is 7.11 Å². The number of methoxy groups -OCH3 is 1. The van der Waals surface area contributed by atoms with Gasteiger partial charge in [-0.2, -0.15) is 0 Å². The highest BCUT2D eigenvalue weighted by Gasteiger charge is 2.23. The van der Waals surface area contributed by atoms with Gasteiger partial charge in [0.25, 0.3) is 0 Å². The van der Waals surface area contributed by atoms with Crippen LogP contribution >= 0.6 is 11.6 Å². The fourth-order valence-electron chi connectivity index (χ4n) is 1.77. The zero-order chi connectivity index (χ0) is 14.9. The number of nitro groups is 1. The van der Waals surface area contributed by atoms with Crippen LogP contribution in [0.3, 0.4) is 0 Å². The van der Waals surface area contributed by atoms with Crippen LogP contribution in [-0.4, -0.2) is 22.0 Å². The first-order valence-corrected chi connectivity index (χ1v) is 5.84. The van der Waals surface area contributed by atoms with Crippen molar-refractivity contribution in [3.63, 3.8) is 0 Å². The van der Waals surface area contributed by atoms with Crippen LogP contribution in [0.1, 0.15) is 5.69 Å². The zero-order valence-electron chi connectivity index (χ0n) is 10.6. The van der Waals surface area contributed by atoms with Crippen molar-refractivity contribution in [3.05, 3.63) is 45.1 Å². The van der Waals surface area contributed by atoms with Crippen molar-refractivity contribution in [1.82, 2.24) is 9.97 Å². The first kappa shape index (κ1) is 14.1. The number of ether oxygens (including phenoxy) is 1. The van der Waals surface area contributed by atoms with E-state index in [0.717, 1.165) is 6.07 Å². The maximum atomic E-state index is 13.7. The van der Waals surface area contributed by atoms with E-state index in [1.807, 2.05) is 0 Å². The van der Waals surface area contributed by atoms with E-state index in [9.17, 15) is 14.5 Å². The summed E-state index contributed by atoms with van der Waals surface area (Å²) >= 11 is 5.71. The van der Waals surface area contributed by atoms with Crippen LogP contribution in [0.15, 0.2) is 18.2 Å². The Balaban J connectivity index is 2.68. The summed E-state index contributed by atoms with van der Waals surface area (Å²) in [6, 6.07) is 3.93. The molecule has 8 heteroatoms. The summed E-state index contributed by atoms with van der Waals surface area (Å²) in [4.78, 5) is 18.0. The highest BCUT2D eigenvalue weighted by molar-refractivity contribution is 6.28. The van der Waals surface area contributed by atoms with Crippen LogP contribution in [0.5, 0.6) is 5.75 Å². The van der Waals surface area contributed by atoms with Gasteiger partial charge in [-0.05, 0) is 36.7 Å². The molecule has 1 aromatic carbocycles. The van der Waals surface area contributed by atoms with E-state index in [4.69, 9.17) is 16.3 Å². The van der Waals surface area contributed by atoms with Crippen molar-refractivity contribution < 1.29 is 14.1 Å². The van der Waals surface area contributed by atoms with E-state index >= 15 is 0 Å². The number of hydrogen-bond donors (Lipinski definition) is 0. The van der Waals surface area contributed by atoms with Gasteiger partial charge in [0.1, 0.15) is 5.69 Å². The Labute approximate surface area is 118 Å². The van der Waals surface area contributed by atoms with Crippen LogP contribution in [0.2, 0.25) is 5.28 Å². The van der Waals surface area contributed by atoms with Gasteiger partial charge in [-0.15, -0.1) is 0 Å². The van der Waals surface area contributed by atoms with Gasteiger partial charge < -0.3 is 4.74 Å². The van der Waals surface area contributed by atoms with Crippen molar-refractivity contribution in [2.45, 2.75) is 6.92 Å². The molecule has 0 N–H and O–H groups in total. The minimum absolute atomic E-state index is 0.0333. The Kier molecular flexibility index (Phi) is 3.80. The average Bonchev–Trinajstić information content (AvgIpc) is 2.37. The minimum Gasteiger partial charge on any atom is -0.494 e. The molecule has 0 saturated carbocycles. The first-order valence-electron chi connectivity index (χ1n) is 5.46. The van der Waals surface area contributed by atoms with Gasteiger partial charge in [-0.1, -0.05) is 0 Å². The van der Waals surface area contributed by atoms with Gasteiger partial charge >= 0.3 is 5.69 Å². The van der Waals surface area contributed by atoms with E-state index in [1.54, 1.807) is 0 Å². The monoisotopic (exact) mass is 297 g/mol. The van der Waals surface area contributed by atoms with Crippen molar-refractivity contribution in [3.8, 4) is 17.0 Å². The van der Waals surface area contributed by atoms with E-state index in [2.05, 4.69) is 9.97 Å². The van der Waals surface area contributed by atoms with Crippen molar-refractivity contribution in [1.29, 1.82) is 0 Å². The lowest BCUT2D eigenvalue weighted by Gasteiger charge is -2.07. The number of aromatic nitrogens is 2. The second-order valence-electron chi connectivity index (χ2n) is 3.88. The Morgan fingerprint density at radius 1 is 1.40 bits per heavy atom. The molecule has 0 saturated heterocycles. The SMILES string of the molecule is COc1ccc(-c2nc(Cl)nc(C)c2[N+](=O)[O-])cc1F. The lowest BCUT2D eigenvalue weighted by Crippen LogP contribution is -2.01. The predicted molar refractivity (Wildman–Crippen MR) is 70.4 cm³/mol. The lowest BCUT2D eigenvalue weighted by molar-refractivity contribution is -0.385. The van der Waals surface area contributed by atoms with Gasteiger partial charge in [-0.3, -0.25) is 10.1 Å². The second-order valence-corrected chi connectivity index (χ2v) is 4.22. The molecule has 2 aromatic rings. The fourth-order valence-corrected chi connectivity index (χ4v) is 1.98. The number of halogens is 2. The Bertz CT molecular complexity index is 694. The summed E-state index contributed by atoms with van der Waals surface area (Å²) in [7, 11) is 1.33. The number of hydrogen-bond acceptors (Lipinski definition) is 5. The number of aryl methyl sites for hydroxylation is 1. The van der Waals surface area contributed by atoms with Crippen LogP contribution < -0.4 is 4.74 Å². The molecule has 1 heterocycles. The van der Waals surface area contributed by atoms with Crippen molar-refractivity contribution >= 4 is 17.3 Å². The Hall–Kier alpha value is -2.28. The summed E-state index contributed by atoms with van der Waals surface area (Å²) in [5, 5.41) is 11.0. The number of nitrogens with zero attached hydrogens (tertiary/aromatic N) is 3. The fraction of sp³-hybridized carbons (Fsp3) is 0.167. The average molecular weight is 298 g/mol. The quantitative estimate of drug-likeness (QED) is 0.494. The smallest absolute Gasteiger partial charge is 0.316 e. The maximum absolute atomic E-state index is 13.7. The summed E-state index contributed by atoms with van der Waals surface area (Å²) in [5.41, 5.74) is -0.00311. The molecule has 6 nitrogen and oxygen atoms in total. The molecular formula is C12H9ClFN3O3. The van der Waals surface area contributed by atoms with Crippen LogP contribution in [0.25, 0.3) is 11.3 Å². The van der Waals surface area contributed by atoms with Gasteiger partial charge in [0, 0.05) is 5.56 Å². The van der Waals surface area contributed by atoms with E-state index < -0.39 is 10.7 Å². The number of benzene rings is 1. The molecule has 1 aromatic heterocycles. The molecule has 0 bridgehead atoms. The van der Waals surface area contributed by atoms with Gasteiger partial charge in [-0.25, -0.2) is 14.4 Å². The number of rotatable bonds is 3.